The van der Waals surface area contributed by atoms with Gasteiger partial charge in [-0.1, -0.05) is 25.1 Å². The van der Waals surface area contributed by atoms with Gasteiger partial charge in [-0.25, -0.2) is 4.98 Å². The number of alkyl halides is 6. The highest BCUT2D eigenvalue weighted by Crippen LogP contribution is 2.51. The molecule has 1 aromatic carbocycles. The molecule has 0 saturated heterocycles. The molecule has 0 amide bonds. The van der Waals surface area contributed by atoms with E-state index in [9.17, 15) is 31.1 Å². The predicted octanol–water partition coefficient (Wildman–Crippen LogP) is 4.85. The summed E-state index contributed by atoms with van der Waals surface area (Å²) in [7, 11) is 1.87. The van der Waals surface area contributed by atoms with Crippen LogP contribution in [0.2, 0.25) is 0 Å². The van der Waals surface area contributed by atoms with Gasteiger partial charge in [0.1, 0.15) is 18.0 Å². The molecule has 10 nitrogen and oxygen atoms in total. The first-order valence-corrected chi connectivity index (χ1v) is 14.5. The summed E-state index contributed by atoms with van der Waals surface area (Å²) >= 11 is 0. The zero-order valence-electron chi connectivity index (χ0n) is 24.6. The third-order valence-electron chi connectivity index (χ3n) is 8.92. The molecule has 0 bridgehead atoms. The molecule has 1 aliphatic carbocycles. The van der Waals surface area contributed by atoms with E-state index in [0.717, 1.165) is 39.3 Å². The van der Waals surface area contributed by atoms with E-state index in [-0.39, 0.29) is 43.1 Å². The maximum Gasteiger partial charge on any atom is 0.451 e. The van der Waals surface area contributed by atoms with E-state index in [0.29, 0.717) is 11.5 Å². The van der Waals surface area contributed by atoms with Crippen LogP contribution in [0.15, 0.2) is 53.8 Å². The lowest BCUT2D eigenvalue weighted by molar-refractivity contribution is -0.148. The smallest absolute Gasteiger partial charge is 0.320 e. The Morgan fingerprint density at radius 2 is 1.78 bits per heavy atom. The van der Waals surface area contributed by atoms with Crippen LogP contribution in [0.4, 0.5) is 26.3 Å². The van der Waals surface area contributed by atoms with E-state index in [2.05, 4.69) is 32.3 Å². The Bertz CT molecular complexity index is 2020. The zero-order chi connectivity index (χ0) is 32.6. The van der Waals surface area contributed by atoms with Crippen LogP contribution in [-0.4, -0.2) is 50.4 Å². The molecule has 5 aromatic rings. The van der Waals surface area contributed by atoms with Crippen molar-refractivity contribution in [1.29, 1.82) is 0 Å². The SMILES string of the molecule is CC1CC(c2cccc(-c3cnc4c(C(F)(F)F)cc(CN5CCn6c(nnc6C(F)(F)F)C5)cn4c3=O)c2)(c2nncn2C)C1. The van der Waals surface area contributed by atoms with Crippen LogP contribution in [0.25, 0.3) is 16.8 Å². The molecule has 7 rings (SSSR count). The molecular weight excluding hydrogens is 616 g/mol. The maximum absolute atomic E-state index is 14.3. The average molecular weight is 644 g/mol. The van der Waals surface area contributed by atoms with E-state index < -0.39 is 40.4 Å². The molecule has 1 fully saturated rings. The fourth-order valence-corrected chi connectivity index (χ4v) is 6.92. The van der Waals surface area contributed by atoms with Crippen LogP contribution in [-0.2, 0) is 44.4 Å². The zero-order valence-corrected chi connectivity index (χ0v) is 24.6. The Balaban J connectivity index is 1.27. The summed E-state index contributed by atoms with van der Waals surface area (Å²) in [5.74, 6) is 0.170. The van der Waals surface area contributed by atoms with Crippen molar-refractivity contribution in [3.05, 3.63) is 93.6 Å². The van der Waals surface area contributed by atoms with Crippen molar-refractivity contribution in [2.75, 3.05) is 6.54 Å². The van der Waals surface area contributed by atoms with Gasteiger partial charge in [-0.2, -0.15) is 26.3 Å². The van der Waals surface area contributed by atoms with Gasteiger partial charge in [0.15, 0.2) is 5.65 Å². The van der Waals surface area contributed by atoms with Crippen LogP contribution in [0.1, 0.15) is 53.9 Å². The Hall–Kier alpha value is -4.60. The number of hydrogen-bond donors (Lipinski definition) is 0. The van der Waals surface area contributed by atoms with E-state index in [1.165, 1.54) is 12.4 Å². The summed E-state index contributed by atoms with van der Waals surface area (Å²) < 4.78 is 86.3. The molecule has 46 heavy (non-hydrogen) atoms. The van der Waals surface area contributed by atoms with Crippen molar-refractivity contribution >= 4 is 5.65 Å². The van der Waals surface area contributed by atoms with Crippen molar-refractivity contribution in [1.82, 2.24) is 43.8 Å². The maximum atomic E-state index is 14.3. The number of pyridine rings is 1. The molecule has 0 radical (unpaired) electrons. The van der Waals surface area contributed by atoms with Gasteiger partial charge in [0.2, 0.25) is 5.82 Å². The summed E-state index contributed by atoms with van der Waals surface area (Å²) in [6, 6.07) is 8.25. The highest BCUT2D eigenvalue weighted by molar-refractivity contribution is 5.66. The van der Waals surface area contributed by atoms with Crippen molar-refractivity contribution < 1.29 is 26.3 Å². The Kier molecular flexibility index (Phi) is 6.84. The lowest BCUT2D eigenvalue weighted by Gasteiger charge is -2.46. The fraction of sp³-hybridized carbons (Fsp3) is 0.400. The number of hydrogen-bond acceptors (Lipinski definition) is 7. The monoisotopic (exact) mass is 643 g/mol. The van der Waals surface area contributed by atoms with Gasteiger partial charge in [0.25, 0.3) is 5.56 Å². The van der Waals surface area contributed by atoms with Gasteiger partial charge >= 0.3 is 12.4 Å². The van der Waals surface area contributed by atoms with Gasteiger partial charge in [-0.15, -0.1) is 20.4 Å². The second-order valence-electron chi connectivity index (χ2n) is 12.2. The molecule has 0 atom stereocenters. The molecule has 240 valence electrons. The number of nitrogens with zero attached hydrogens (tertiary/aromatic N) is 9. The number of benzene rings is 1. The molecule has 0 N–H and O–H groups in total. The lowest BCUT2D eigenvalue weighted by Crippen LogP contribution is -2.43. The Morgan fingerprint density at radius 1 is 1.00 bits per heavy atom. The number of fused-ring (bicyclic) bond motifs is 2. The Labute approximate surface area is 257 Å². The third-order valence-corrected chi connectivity index (χ3v) is 8.92. The summed E-state index contributed by atoms with van der Waals surface area (Å²) in [5.41, 5.74) is -1.06. The molecule has 5 heterocycles. The third kappa shape index (κ3) is 4.94. The van der Waals surface area contributed by atoms with Crippen molar-refractivity contribution in [3.63, 3.8) is 0 Å². The van der Waals surface area contributed by atoms with Crippen LogP contribution in [0, 0.1) is 5.92 Å². The highest BCUT2D eigenvalue weighted by atomic mass is 19.4. The highest BCUT2D eigenvalue weighted by Gasteiger charge is 2.48. The minimum atomic E-state index is -4.82. The van der Waals surface area contributed by atoms with Gasteiger partial charge in [0, 0.05) is 39.1 Å². The molecule has 0 spiro atoms. The van der Waals surface area contributed by atoms with Crippen LogP contribution in [0.5, 0.6) is 0 Å². The van der Waals surface area contributed by atoms with E-state index in [1.807, 2.05) is 23.7 Å². The number of rotatable bonds is 5. The largest absolute Gasteiger partial charge is 0.451 e. The molecule has 0 unspecified atom stereocenters. The second kappa shape index (κ2) is 10.5. The number of aromatic nitrogens is 8. The first-order chi connectivity index (χ1) is 21.7. The summed E-state index contributed by atoms with van der Waals surface area (Å²) in [4.78, 5) is 19.6. The first kappa shape index (κ1) is 30.1. The second-order valence-corrected chi connectivity index (χ2v) is 12.2. The molecule has 1 saturated carbocycles. The van der Waals surface area contributed by atoms with Crippen molar-refractivity contribution in [2.24, 2.45) is 13.0 Å². The first-order valence-electron chi connectivity index (χ1n) is 14.5. The average Bonchev–Trinajstić information content (AvgIpc) is 3.61. The molecule has 4 aromatic heterocycles. The summed E-state index contributed by atoms with van der Waals surface area (Å²) in [6.07, 6.45) is -3.75. The van der Waals surface area contributed by atoms with Crippen molar-refractivity contribution in [3.8, 4) is 11.1 Å². The predicted molar refractivity (Wildman–Crippen MR) is 151 cm³/mol. The topological polar surface area (TPSA) is 99.0 Å². The number of aryl methyl sites for hydroxylation is 1. The van der Waals surface area contributed by atoms with Gasteiger partial charge in [-0.3, -0.25) is 14.1 Å². The quantitative estimate of drug-likeness (QED) is 0.253. The van der Waals surface area contributed by atoms with Gasteiger partial charge in [-0.05, 0) is 47.6 Å². The van der Waals surface area contributed by atoms with Crippen LogP contribution >= 0.6 is 0 Å². The Morgan fingerprint density at radius 3 is 2.46 bits per heavy atom. The van der Waals surface area contributed by atoms with E-state index in [1.54, 1.807) is 23.4 Å². The normalized spacial score (nSPS) is 20.6. The van der Waals surface area contributed by atoms with Crippen LogP contribution < -0.4 is 5.56 Å². The van der Waals surface area contributed by atoms with Gasteiger partial charge in [0.05, 0.1) is 23.1 Å². The molecule has 1 aliphatic heterocycles. The minimum absolute atomic E-state index is 0.0522. The van der Waals surface area contributed by atoms with Crippen molar-refractivity contribution in [2.45, 2.75) is 57.2 Å². The molecular formula is C30H27F6N9O. The lowest BCUT2D eigenvalue weighted by atomic mass is 9.58. The number of halogens is 6. The fourth-order valence-electron chi connectivity index (χ4n) is 6.92. The van der Waals surface area contributed by atoms with Gasteiger partial charge < -0.3 is 9.13 Å². The standard InChI is InChI=1S/C30H27F6N9O/c1-17-10-28(11-17,26-40-38-16-42(26)2)20-5-3-4-19(9-20)21-12-37-24-22(29(31,32)33)8-18(14-45(24)25(21)46)13-43-6-7-44-23(15-43)39-41-27(44)30(34,35)36/h3-5,8-9,12,14,16-17H,6-7,10-11,13,15H2,1-2H3. The minimum Gasteiger partial charge on any atom is -0.320 e. The molecule has 16 heteroatoms. The van der Waals surface area contributed by atoms with E-state index in [4.69, 9.17) is 0 Å². The summed E-state index contributed by atoms with van der Waals surface area (Å²) in [6.45, 7) is 2.03. The van der Waals surface area contributed by atoms with Crippen LogP contribution in [0.3, 0.4) is 0 Å². The van der Waals surface area contributed by atoms with E-state index >= 15 is 0 Å². The molecule has 2 aliphatic rings. The summed E-state index contributed by atoms with van der Waals surface area (Å²) in [5, 5.41) is 15.3.